The van der Waals surface area contributed by atoms with Crippen molar-refractivity contribution in [3.63, 3.8) is 0 Å². The summed E-state index contributed by atoms with van der Waals surface area (Å²) in [4.78, 5) is 2.68. The molecule has 0 radical (unpaired) electrons. The predicted octanol–water partition coefficient (Wildman–Crippen LogP) is 3.43. The monoisotopic (exact) mass is 201 g/mol. The van der Waals surface area contributed by atoms with Gasteiger partial charge >= 0.3 is 0 Å². The van der Waals surface area contributed by atoms with E-state index in [4.69, 9.17) is 0 Å². The quantitative estimate of drug-likeness (QED) is 0.621. The highest BCUT2D eigenvalue weighted by molar-refractivity contribution is 5.37. The van der Waals surface area contributed by atoms with Crippen molar-refractivity contribution < 1.29 is 0 Å². The van der Waals surface area contributed by atoms with Gasteiger partial charge < -0.3 is 0 Å². The van der Waals surface area contributed by atoms with E-state index in [2.05, 4.69) is 30.0 Å². The molecule has 0 aromatic heterocycles. The lowest BCUT2D eigenvalue weighted by molar-refractivity contribution is 0.221. The van der Waals surface area contributed by atoms with Crippen molar-refractivity contribution in [1.82, 2.24) is 4.90 Å². The summed E-state index contributed by atoms with van der Waals surface area (Å²) in [6, 6.07) is 7.73. The van der Waals surface area contributed by atoms with Gasteiger partial charge in [-0.2, -0.15) is 0 Å². The molecule has 1 nitrogen and oxygen atoms in total. The Kier molecular flexibility index (Phi) is 2.28. The van der Waals surface area contributed by atoms with Crippen LogP contribution in [-0.2, 0) is 6.54 Å². The van der Waals surface area contributed by atoms with Crippen molar-refractivity contribution in [3.05, 3.63) is 34.9 Å². The molecule has 1 aromatic carbocycles. The van der Waals surface area contributed by atoms with Crippen LogP contribution in [0.1, 0.15) is 48.4 Å². The van der Waals surface area contributed by atoms with E-state index in [9.17, 15) is 0 Å². The number of fused-ring (bicyclic) bond motifs is 3. The second kappa shape index (κ2) is 3.64. The Balaban J connectivity index is 1.98. The molecule has 1 aromatic rings. The normalized spacial score (nSPS) is 25.8. The third-order valence-electron chi connectivity index (χ3n) is 3.90. The van der Waals surface area contributed by atoms with Crippen LogP contribution in [-0.4, -0.2) is 11.4 Å². The van der Waals surface area contributed by atoms with Crippen LogP contribution < -0.4 is 0 Å². The van der Waals surface area contributed by atoms with E-state index < -0.39 is 0 Å². The molecule has 15 heavy (non-hydrogen) atoms. The molecule has 0 N–H and O–H groups in total. The van der Waals surface area contributed by atoms with E-state index in [1.165, 1.54) is 44.3 Å². The summed E-state index contributed by atoms with van der Waals surface area (Å²) >= 11 is 0. The van der Waals surface area contributed by atoms with Gasteiger partial charge in [0.25, 0.3) is 0 Å². The van der Waals surface area contributed by atoms with E-state index in [0.717, 1.165) is 6.04 Å². The second-order valence-corrected chi connectivity index (χ2v) is 5.04. The van der Waals surface area contributed by atoms with Crippen molar-refractivity contribution in [1.29, 1.82) is 0 Å². The van der Waals surface area contributed by atoms with Gasteiger partial charge in [-0.3, -0.25) is 4.90 Å². The Morgan fingerprint density at radius 2 is 2.13 bits per heavy atom. The Morgan fingerprint density at radius 3 is 3.07 bits per heavy atom. The van der Waals surface area contributed by atoms with Gasteiger partial charge in [0, 0.05) is 12.6 Å². The number of hydrogen-bond donors (Lipinski definition) is 0. The van der Waals surface area contributed by atoms with E-state index in [1.54, 1.807) is 11.1 Å². The summed E-state index contributed by atoms with van der Waals surface area (Å²) in [5, 5.41) is 0. The minimum atomic E-state index is 0.738. The van der Waals surface area contributed by atoms with Crippen LogP contribution in [0.25, 0.3) is 0 Å². The molecular weight excluding hydrogens is 182 g/mol. The lowest BCUT2D eigenvalue weighted by atomic mass is 9.99. The third-order valence-corrected chi connectivity index (χ3v) is 3.90. The summed E-state index contributed by atoms with van der Waals surface area (Å²) in [6.07, 6.45) is 5.60. The summed E-state index contributed by atoms with van der Waals surface area (Å²) in [6.45, 7) is 4.71. The highest BCUT2D eigenvalue weighted by Crippen LogP contribution is 2.39. The van der Waals surface area contributed by atoms with Crippen LogP contribution in [0.5, 0.6) is 0 Å². The number of benzene rings is 1. The molecule has 0 saturated carbocycles. The van der Waals surface area contributed by atoms with Crippen molar-refractivity contribution in [2.45, 2.75) is 45.2 Å². The van der Waals surface area contributed by atoms with E-state index in [0.29, 0.717) is 0 Å². The third kappa shape index (κ3) is 1.59. The standard InChI is InChI=1S/C14H19N/c1-11-6-7-12-10-15-8-4-2-3-5-14(15)13(12)9-11/h6-7,9,14H,2-5,8,10H2,1H3. The molecular formula is C14H19N. The molecule has 0 amide bonds. The molecule has 0 aliphatic carbocycles. The van der Waals surface area contributed by atoms with Crippen LogP contribution >= 0.6 is 0 Å². The zero-order valence-electron chi connectivity index (χ0n) is 9.50. The van der Waals surface area contributed by atoms with Gasteiger partial charge in [-0.15, -0.1) is 0 Å². The first-order valence-electron chi connectivity index (χ1n) is 6.18. The largest absolute Gasteiger partial charge is 0.292 e. The fourth-order valence-electron chi connectivity index (χ4n) is 3.10. The molecule has 1 atom stereocenters. The number of hydrogen-bond acceptors (Lipinski definition) is 1. The van der Waals surface area contributed by atoms with Crippen LogP contribution in [0.4, 0.5) is 0 Å². The fourth-order valence-corrected chi connectivity index (χ4v) is 3.10. The van der Waals surface area contributed by atoms with E-state index in [1.807, 2.05) is 0 Å². The van der Waals surface area contributed by atoms with Gasteiger partial charge in [-0.25, -0.2) is 0 Å². The molecule has 1 saturated heterocycles. The smallest absolute Gasteiger partial charge is 0.0354 e. The SMILES string of the molecule is Cc1ccc2c(c1)C1CCCCCN1C2. The molecule has 1 unspecified atom stereocenters. The van der Waals surface area contributed by atoms with Crippen LogP contribution in [0.3, 0.4) is 0 Å². The molecule has 0 bridgehead atoms. The maximum Gasteiger partial charge on any atom is 0.0354 e. The Labute approximate surface area is 92.1 Å². The summed E-state index contributed by atoms with van der Waals surface area (Å²) in [5.41, 5.74) is 4.62. The lowest BCUT2D eigenvalue weighted by Gasteiger charge is -2.21. The zero-order valence-corrected chi connectivity index (χ0v) is 9.50. The molecule has 0 spiro atoms. The second-order valence-electron chi connectivity index (χ2n) is 5.04. The van der Waals surface area contributed by atoms with Gasteiger partial charge in [0.1, 0.15) is 0 Å². The number of aryl methyl sites for hydroxylation is 1. The molecule has 2 aliphatic rings. The summed E-state index contributed by atoms with van der Waals surface area (Å²) < 4.78 is 0. The molecule has 3 rings (SSSR count). The Morgan fingerprint density at radius 1 is 1.20 bits per heavy atom. The molecule has 80 valence electrons. The van der Waals surface area contributed by atoms with Gasteiger partial charge in [0.05, 0.1) is 0 Å². The average molecular weight is 201 g/mol. The molecule has 2 heterocycles. The van der Waals surface area contributed by atoms with Crippen molar-refractivity contribution in [2.24, 2.45) is 0 Å². The van der Waals surface area contributed by atoms with Gasteiger partial charge in [-0.1, -0.05) is 36.6 Å². The fraction of sp³-hybridized carbons (Fsp3) is 0.571. The first-order valence-corrected chi connectivity index (χ1v) is 6.18. The van der Waals surface area contributed by atoms with Crippen LogP contribution in [0.15, 0.2) is 18.2 Å². The first kappa shape index (κ1) is 9.41. The van der Waals surface area contributed by atoms with E-state index in [-0.39, 0.29) is 0 Å². The zero-order chi connectivity index (χ0) is 10.3. The minimum Gasteiger partial charge on any atom is -0.292 e. The maximum absolute atomic E-state index is 2.68. The van der Waals surface area contributed by atoms with Gasteiger partial charge in [0.15, 0.2) is 0 Å². The number of rotatable bonds is 0. The molecule has 1 fully saturated rings. The minimum absolute atomic E-state index is 0.738. The Hall–Kier alpha value is -0.820. The van der Waals surface area contributed by atoms with Gasteiger partial charge in [0.2, 0.25) is 0 Å². The molecule has 2 aliphatic heterocycles. The predicted molar refractivity (Wildman–Crippen MR) is 62.8 cm³/mol. The van der Waals surface area contributed by atoms with E-state index >= 15 is 0 Å². The molecule has 1 heteroatoms. The summed E-state index contributed by atoms with van der Waals surface area (Å²) in [5.74, 6) is 0. The summed E-state index contributed by atoms with van der Waals surface area (Å²) in [7, 11) is 0. The Bertz CT molecular complexity index is 370. The van der Waals surface area contributed by atoms with Crippen molar-refractivity contribution >= 4 is 0 Å². The van der Waals surface area contributed by atoms with Crippen molar-refractivity contribution in [3.8, 4) is 0 Å². The average Bonchev–Trinajstić information content (AvgIpc) is 2.44. The van der Waals surface area contributed by atoms with Crippen LogP contribution in [0.2, 0.25) is 0 Å². The topological polar surface area (TPSA) is 3.24 Å². The first-order chi connectivity index (χ1) is 7.34. The van der Waals surface area contributed by atoms with Crippen LogP contribution in [0, 0.1) is 6.92 Å². The highest BCUT2D eigenvalue weighted by atomic mass is 15.2. The van der Waals surface area contributed by atoms with Gasteiger partial charge in [-0.05, 0) is 37.4 Å². The highest BCUT2D eigenvalue weighted by Gasteiger charge is 2.30. The lowest BCUT2D eigenvalue weighted by Crippen LogP contribution is -2.21. The number of nitrogens with zero attached hydrogens (tertiary/aromatic N) is 1. The van der Waals surface area contributed by atoms with Crippen molar-refractivity contribution in [2.75, 3.05) is 6.54 Å². The maximum atomic E-state index is 2.68.